The van der Waals surface area contributed by atoms with E-state index in [0.717, 1.165) is 36.1 Å². The molecule has 4 rings (SSSR count). The van der Waals surface area contributed by atoms with Crippen molar-refractivity contribution in [2.75, 3.05) is 13.1 Å². The van der Waals surface area contributed by atoms with Gasteiger partial charge in [0.05, 0.1) is 1.37 Å². The number of aromatic amines is 1. The van der Waals surface area contributed by atoms with Crippen molar-refractivity contribution >= 4 is 15.9 Å². The molecule has 1 unspecified atom stereocenters. The second-order valence-corrected chi connectivity index (χ2v) is 7.52. The zero-order valence-electron chi connectivity index (χ0n) is 16.3. The Balaban J connectivity index is 1.56. The van der Waals surface area contributed by atoms with E-state index in [4.69, 9.17) is 2.78 Å². The Bertz CT molecular complexity index is 1000. The number of aromatic nitrogens is 3. The highest BCUT2D eigenvalue weighted by molar-refractivity contribution is 9.10. The van der Waals surface area contributed by atoms with Crippen LogP contribution in [-0.2, 0) is 13.1 Å². The first-order valence-corrected chi connectivity index (χ1v) is 9.47. The van der Waals surface area contributed by atoms with Crippen LogP contribution in [0.1, 0.15) is 13.4 Å². The number of halogens is 1. The number of hydrogen-bond acceptors (Lipinski definition) is 3. The second kappa shape index (κ2) is 7.60. The molecule has 2 aromatic carbocycles. The second-order valence-electron chi connectivity index (χ2n) is 6.60. The molecule has 1 aliphatic rings. The zero-order valence-corrected chi connectivity index (χ0v) is 15.8. The van der Waals surface area contributed by atoms with Crippen molar-refractivity contribution in [3.8, 4) is 11.4 Å². The van der Waals surface area contributed by atoms with Gasteiger partial charge < -0.3 is 0 Å². The Morgan fingerprint density at radius 3 is 2.77 bits per heavy atom. The van der Waals surface area contributed by atoms with Gasteiger partial charge in [0, 0.05) is 29.6 Å². The molecule has 3 aromatic rings. The first kappa shape index (κ1) is 14.9. The van der Waals surface area contributed by atoms with E-state index in [9.17, 15) is 4.79 Å². The summed E-state index contributed by atoms with van der Waals surface area (Å²) in [6, 6.07) is 17.7. The summed E-state index contributed by atoms with van der Waals surface area (Å²) in [5.41, 5.74) is 1.40. The maximum Gasteiger partial charge on any atom is 0.343 e. The summed E-state index contributed by atoms with van der Waals surface area (Å²) >= 11 is 3.40. The molecule has 0 spiro atoms. The third-order valence-corrected chi connectivity index (χ3v) is 5.21. The average Bonchev–Trinajstić information content (AvgIpc) is 3.28. The molecule has 26 heavy (non-hydrogen) atoms. The maximum absolute atomic E-state index is 12.5. The fraction of sp³-hybridized carbons (Fsp3) is 0.300. The van der Waals surface area contributed by atoms with E-state index in [2.05, 4.69) is 38.1 Å². The number of likely N-dealkylation sites (tertiary alicyclic amines) is 1. The molecule has 0 saturated carbocycles. The third-order valence-electron chi connectivity index (χ3n) is 4.68. The minimum absolute atomic E-state index is 0.0137. The van der Waals surface area contributed by atoms with Gasteiger partial charge in [0.2, 0.25) is 0 Å². The topological polar surface area (TPSA) is 53.9 Å². The van der Waals surface area contributed by atoms with Crippen LogP contribution in [0, 0.1) is 5.92 Å². The molecule has 1 fully saturated rings. The Kier molecular flexibility index (Phi) is 4.36. The molecule has 1 aliphatic heterocycles. The van der Waals surface area contributed by atoms with Gasteiger partial charge >= 0.3 is 5.69 Å². The lowest BCUT2D eigenvalue weighted by Gasteiger charge is -2.16. The predicted octanol–water partition coefficient (Wildman–Crippen LogP) is 3.52. The molecule has 6 heteroatoms. The van der Waals surface area contributed by atoms with Crippen molar-refractivity contribution in [1.29, 1.82) is 0 Å². The summed E-state index contributed by atoms with van der Waals surface area (Å²) in [7, 11) is 0. The van der Waals surface area contributed by atoms with Crippen LogP contribution in [0.2, 0.25) is 1.41 Å². The van der Waals surface area contributed by atoms with Gasteiger partial charge in [-0.2, -0.15) is 5.10 Å². The molecule has 1 N–H and O–H groups in total. The van der Waals surface area contributed by atoms with Crippen LogP contribution in [0.4, 0.5) is 0 Å². The average molecular weight is 415 g/mol. The number of benzene rings is 2. The molecule has 0 aliphatic carbocycles. The van der Waals surface area contributed by atoms with E-state index >= 15 is 0 Å². The summed E-state index contributed by atoms with van der Waals surface area (Å²) in [5.74, 6) is 0.383. The fourth-order valence-corrected chi connectivity index (χ4v) is 3.65. The molecule has 0 bridgehead atoms. The van der Waals surface area contributed by atoms with Crippen molar-refractivity contribution in [3.05, 3.63) is 75.1 Å². The van der Waals surface area contributed by atoms with Crippen LogP contribution in [-0.4, -0.2) is 32.7 Å². The smallest absolute Gasteiger partial charge is 0.299 e. The van der Waals surface area contributed by atoms with Gasteiger partial charge in [-0.25, -0.2) is 9.89 Å². The van der Waals surface area contributed by atoms with E-state index in [1.807, 2.05) is 42.5 Å². The van der Waals surface area contributed by atoms with Crippen molar-refractivity contribution in [3.63, 3.8) is 0 Å². The lowest BCUT2D eigenvalue weighted by Crippen LogP contribution is -2.25. The standard InChI is InChI=1S/C20H21BrN4O/c21-18-8-6-17(7-9-18)19-22-23-20(26)25(19)14-16-10-11-24(13-16)12-15-4-2-1-3-5-15/h1-9,16H,10-14H2,(H,23,26)/t16-/m1/s1/i14D/hD/t14?,16-. The Morgan fingerprint density at radius 2 is 2.00 bits per heavy atom. The first-order chi connectivity index (χ1) is 13.5. The maximum atomic E-state index is 12.5. The van der Waals surface area contributed by atoms with E-state index in [1.165, 1.54) is 10.1 Å². The molecule has 134 valence electrons. The van der Waals surface area contributed by atoms with E-state index < -0.39 is 12.2 Å². The Labute approximate surface area is 163 Å². The lowest BCUT2D eigenvalue weighted by atomic mass is 10.1. The minimum atomic E-state index is -0.772. The molecule has 1 aromatic heterocycles. The third kappa shape index (κ3) is 3.81. The van der Waals surface area contributed by atoms with E-state index in [0.29, 0.717) is 10.9 Å². The number of H-pyrrole nitrogens is 1. The highest BCUT2D eigenvalue weighted by atomic mass is 79.9. The SMILES string of the molecule is [2H]C([C@@H]1CCN(Cc2ccccc2)C1)n1c(-c2ccc(Br)cc2)nn([2H])c1=O. The van der Waals surface area contributed by atoms with Gasteiger partial charge in [-0.3, -0.25) is 9.47 Å². The van der Waals surface area contributed by atoms with Crippen molar-refractivity contribution < 1.29 is 2.78 Å². The number of nitrogens with one attached hydrogen (secondary N) is 1. The zero-order chi connectivity index (χ0) is 19.7. The monoisotopic (exact) mass is 414 g/mol. The summed E-state index contributed by atoms with van der Waals surface area (Å²) < 4.78 is 18.8. The highest BCUT2D eigenvalue weighted by Crippen LogP contribution is 2.23. The molecule has 0 amide bonds. The minimum Gasteiger partial charge on any atom is -0.299 e. The largest absolute Gasteiger partial charge is 0.343 e. The molecular formula is C20H21BrN4O. The molecule has 1 saturated heterocycles. The lowest BCUT2D eigenvalue weighted by molar-refractivity contribution is 0.309. The molecule has 0 radical (unpaired) electrons. The van der Waals surface area contributed by atoms with E-state index in [-0.39, 0.29) is 5.92 Å². The van der Waals surface area contributed by atoms with Crippen LogP contribution in [0.15, 0.2) is 63.9 Å². The van der Waals surface area contributed by atoms with Crippen LogP contribution in [0.5, 0.6) is 0 Å². The summed E-state index contributed by atoms with van der Waals surface area (Å²) in [6.07, 6.45) is 0.844. The van der Waals surface area contributed by atoms with Crippen molar-refractivity contribution in [1.82, 2.24) is 19.7 Å². The number of rotatable bonds is 5. The van der Waals surface area contributed by atoms with Gasteiger partial charge in [0.1, 0.15) is 0 Å². The van der Waals surface area contributed by atoms with Gasteiger partial charge in [-0.05, 0) is 36.6 Å². The molecular weight excluding hydrogens is 392 g/mol. The highest BCUT2D eigenvalue weighted by Gasteiger charge is 2.24. The van der Waals surface area contributed by atoms with Crippen LogP contribution < -0.4 is 5.69 Å². The summed E-state index contributed by atoms with van der Waals surface area (Å²) in [4.78, 5) is 14.9. The Hall–Kier alpha value is -2.18. The van der Waals surface area contributed by atoms with Crippen molar-refractivity contribution in [2.24, 2.45) is 5.92 Å². The fourth-order valence-electron chi connectivity index (χ4n) is 3.39. The normalized spacial score (nSPS) is 20.0. The van der Waals surface area contributed by atoms with E-state index in [1.54, 1.807) is 0 Å². The number of hydrogen-bond donors (Lipinski definition) is 1. The van der Waals surface area contributed by atoms with Crippen LogP contribution >= 0.6 is 15.9 Å². The van der Waals surface area contributed by atoms with Gasteiger partial charge in [-0.15, -0.1) is 0 Å². The first-order valence-electron chi connectivity index (χ1n) is 9.70. The quantitative estimate of drug-likeness (QED) is 0.694. The van der Waals surface area contributed by atoms with Crippen LogP contribution in [0.25, 0.3) is 11.4 Å². The van der Waals surface area contributed by atoms with Crippen molar-refractivity contribution in [2.45, 2.75) is 19.5 Å². The van der Waals surface area contributed by atoms with Gasteiger partial charge in [-0.1, -0.05) is 58.4 Å². The molecule has 2 atom stereocenters. The summed E-state index contributed by atoms with van der Waals surface area (Å²) in [6.45, 7) is 1.71. The van der Waals surface area contributed by atoms with Gasteiger partial charge in [0.25, 0.3) is 0 Å². The predicted molar refractivity (Wildman–Crippen MR) is 106 cm³/mol. The van der Waals surface area contributed by atoms with Crippen LogP contribution in [0.3, 0.4) is 0 Å². The molecule has 2 heterocycles. The Morgan fingerprint density at radius 1 is 1.23 bits per heavy atom. The number of nitrogens with zero attached hydrogens (tertiary/aromatic N) is 3. The van der Waals surface area contributed by atoms with Gasteiger partial charge in [0.15, 0.2) is 7.24 Å². The molecule has 5 nitrogen and oxygen atoms in total. The summed E-state index contributed by atoms with van der Waals surface area (Å²) in [5, 5.41) is 4.65.